The lowest BCUT2D eigenvalue weighted by Crippen LogP contribution is -2.24. The monoisotopic (exact) mass is 319 g/mol. The summed E-state index contributed by atoms with van der Waals surface area (Å²) in [5.41, 5.74) is 5.08. The van der Waals surface area contributed by atoms with Crippen molar-refractivity contribution in [3.63, 3.8) is 0 Å². The first-order chi connectivity index (χ1) is 10.5. The van der Waals surface area contributed by atoms with E-state index in [1.165, 1.54) is 17.5 Å². The molecule has 1 aromatic carbocycles. The van der Waals surface area contributed by atoms with E-state index in [0.717, 1.165) is 36.2 Å². The van der Waals surface area contributed by atoms with Crippen LogP contribution in [-0.2, 0) is 29.4 Å². The van der Waals surface area contributed by atoms with E-state index in [9.17, 15) is 8.42 Å². The lowest BCUT2D eigenvalue weighted by Gasteiger charge is -2.16. The number of nitrogens with zero attached hydrogens (tertiary/aromatic N) is 1. The Bertz CT molecular complexity index is 774. The van der Waals surface area contributed by atoms with Crippen LogP contribution in [0.3, 0.4) is 0 Å². The zero-order valence-electron chi connectivity index (χ0n) is 12.9. The zero-order chi connectivity index (χ0) is 15.7. The van der Waals surface area contributed by atoms with Gasteiger partial charge < -0.3 is 0 Å². The number of rotatable bonds is 4. The fourth-order valence-electron chi connectivity index (χ4n) is 2.96. The second kappa shape index (κ2) is 5.85. The predicted octanol–water partition coefficient (Wildman–Crippen LogP) is 2.38. The summed E-state index contributed by atoms with van der Waals surface area (Å²) in [5, 5.41) is 6.96. The summed E-state index contributed by atoms with van der Waals surface area (Å²) in [4.78, 5) is 0.354. The standard InChI is InChI=1S/C16H21N3O2S/c1-11-16(12(2)19-18-11)10-17-22(20,21)15-8-7-13-5-3-4-6-14(13)9-15/h7-9,17H,3-6,10H2,1-2H3,(H,18,19). The van der Waals surface area contributed by atoms with Crippen molar-refractivity contribution in [3.05, 3.63) is 46.3 Å². The third-order valence-corrected chi connectivity index (χ3v) is 5.75. The molecule has 0 atom stereocenters. The third kappa shape index (κ3) is 2.94. The van der Waals surface area contributed by atoms with Crippen LogP contribution in [0, 0.1) is 13.8 Å². The van der Waals surface area contributed by atoms with Crippen molar-refractivity contribution in [2.75, 3.05) is 0 Å². The topological polar surface area (TPSA) is 74.8 Å². The summed E-state index contributed by atoms with van der Waals surface area (Å²) >= 11 is 0. The lowest BCUT2D eigenvalue weighted by molar-refractivity contribution is 0.580. The smallest absolute Gasteiger partial charge is 0.240 e. The fourth-order valence-corrected chi connectivity index (χ4v) is 4.01. The van der Waals surface area contributed by atoms with E-state index in [2.05, 4.69) is 14.9 Å². The first-order valence-electron chi connectivity index (χ1n) is 7.59. The summed E-state index contributed by atoms with van der Waals surface area (Å²) in [6.07, 6.45) is 4.35. The van der Waals surface area contributed by atoms with Gasteiger partial charge in [0.25, 0.3) is 0 Å². The van der Waals surface area contributed by atoms with Crippen molar-refractivity contribution in [2.45, 2.75) is 51.0 Å². The fraction of sp³-hybridized carbons (Fsp3) is 0.438. The summed E-state index contributed by atoms with van der Waals surface area (Å²) in [6, 6.07) is 5.49. The van der Waals surface area contributed by atoms with E-state index >= 15 is 0 Å². The van der Waals surface area contributed by atoms with Crippen molar-refractivity contribution in [1.82, 2.24) is 14.9 Å². The van der Waals surface area contributed by atoms with Gasteiger partial charge in [0.05, 0.1) is 10.6 Å². The van der Waals surface area contributed by atoms with Crippen LogP contribution < -0.4 is 4.72 Å². The first-order valence-corrected chi connectivity index (χ1v) is 9.07. The molecule has 6 heteroatoms. The van der Waals surface area contributed by atoms with E-state index in [4.69, 9.17) is 0 Å². The van der Waals surface area contributed by atoms with Crippen LogP contribution in [0.15, 0.2) is 23.1 Å². The predicted molar refractivity (Wildman–Crippen MR) is 85.2 cm³/mol. The third-order valence-electron chi connectivity index (χ3n) is 4.35. The molecule has 22 heavy (non-hydrogen) atoms. The SMILES string of the molecule is Cc1n[nH]c(C)c1CNS(=O)(=O)c1ccc2c(c1)CCCC2. The summed E-state index contributed by atoms with van der Waals surface area (Å²) in [7, 11) is -3.50. The van der Waals surface area contributed by atoms with Gasteiger partial charge in [0.2, 0.25) is 10.0 Å². The van der Waals surface area contributed by atoms with E-state index in [-0.39, 0.29) is 6.54 Å². The number of H-pyrrole nitrogens is 1. The van der Waals surface area contributed by atoms with Gasteiger partial charge in [-0.2, -0.15) is 5.10 Å². The number of aromatic nitrogens is 2. The minimum atomic E-state index is -3.50. The summed E-state index contributed by atoms with van der Waals surface area (Å²) in [6.45, 7) is 4.02. The molecule has 1 aliphatic rings. The number of aromatic amines is 1. The molecule has 5 nitrogen and oxygen atoms in total. The van der Waals surface area contributed by atoms with Crippen molar-refractivity contribution < 1.29 is 8.42 Å². The lowest BCUT2D eigenvalue weighted by atomic mass is 9.92. The van der Waals surface area contributed by atoms with Gasteiger partial charge in [-0.05, 0) is 62.8 Å². The minimum Gasteiger partial charge on any atom is -0.282 e. The molecular weight excluding hydrogens is 298 g/mol. The number of sulfonamides is 1. The van der Waals surface area contributed by atoms with Crippen molar-refractivity contribution in [3.8, 4) is 0 Å². The Labute approximate surface area is 131 Å². The van der Waals surface area contributed by atoms with Crippen molar-refractivity contribution >= 4 is 10.0 Å². The Morgan fingerprint density at radius 1 is 1.18 bits per heavy atom. The molecule has 0 fully saturated rings. The van der Waals surface area contributed by atoms with Gasteiger partial charge in [-0.25, -0.2) is 13.1 Å². The first kappa shape index (κ1) is 15.2. The minimum absolute atomic E-state index is 0.258. The Kier molecular flexibility index (Phi) is 4.06. The molecule has 1 heterocycles. The van der Waals surface area contributed by atoms with Crippen molar-refractivity contribution in [2.24, 2.45) is 0 Å². The number of hydrogen-bond donors (Lipinski definition) is 2. The van der Waals surface area contributed by atoms with Gasteiger partial charge in [-0.15, -0.1) is 0 Å². The average Bonchev–Trinajstić information content (AvgIpc) is 2.83. The van der Waals surface area contributed by atoms with Crippen LogP contribution in [0.1, 0.15) is 40.9 Å². The van der Waals surface area contributed by atoms with Crippen LogP contribution in [0.25, 0.3) is 0 Å². The summed E-state index contributed by atoms with van der Waals surface area (Å²) in [5.74, 6) is 0. The van der Waals surface area contributed by atoms with Gasteiger partial charge in [0.1, 0.15) is 0 Å². The highest BCUT2D eigenvalue weighted by Gasteiger charge is 2.18. The molecule has 2 aromatic rings. The largest absolute Gasteiger partial charge is 0.282 e. The molecule has 0 amide bonds. The molecule has 0 saturated carbocycles. The number of hydrogen-bond acceptors (Lipinski definition) is 3. The molecule has 2 N–H and O–H groups in total. The Hall–Kier alpha value is -1.66. The normalized spacial score (nSPS) is 14.8. The van der Waals surface area contributed by atoms with Crippen LogP contribution in [0.2, 0.25) is 0 Å². The molecule has 0 aliphatic heterocycles. The Balaban J connectivity index is 1.81. The Morgan fingerprint density at radius 3 is 2.59 bits per heavy atom. The number of nitrogens with one attached hydrogen (secondary N) is 2. The van der Waals surface area contributed by atoms with Crippen LogP contribution in [0.4, 0.5) is 0 Å². The molecule has 118 valence electrons. The van der Waals surface area contributed by atoms with E-state index < -0.39 is 10.0 Å². The quantitative estimate of drug-likeness (QED) is 0.908. The molecule has 0 unspecified atom stereocenters. The highest BCUT2D eigenvalue weighted by Crippen LogP contribution is 2.24. The number of aryl methyl sites for hydroxylation is 4. The van der Waals surface area contributed by atoms with Crippen LogP contribution >= 0.6 is 0 Å². The molecule has 1 aliphatic carbocycles. The average molecular weight is 319 g/mol. The van der Waals surface area contributed by atoms with E-state index in [1.54, 1.807) is 6.07 Å². The highest BCUT2D eigenvalue weighted by molar-refractivity contribution is 7.89. The summed E-state index contributed by atoms with van der Waals surface area (Å²) < 4.78 is 27.7. The molecular formula is C16H21N3O2S. The van der Waals surface area contributed by atoms with Gasteiger partial charge in [0, 0.05) is 17.8 Å². The van der Waals surface area contributed by atoms with Gasteiger partial charge in [-0.1, -0.05) is 6.07 Å². The van der Waals surface area contributed by atoms with E-state index in [0.29, 0.717) is 4.90 Å². The second-order valence-electron chi connectivity index (χ2n) is 5.87. The maximum Gasteiger partial charge on any atom is 0.240 e. The Morgan fingerprint density at radius 2 is 1.91 bits per heavy atom. The molecule has 0 bridgehead atoms. The van der Waals surface area contributed by atoms with E-state index in [1.807, 2.05) is 26.0 Å². The maximum atomic E-state index is 12.5. The van der Waals surface area contributed by atoms with Gasteiger partial charge in [-0.3, -0.25) is 5.10 Å². The zero-order valence-corrected chi connectivity index (χ0v) is 13.8. The molecule has 1 aromatic heterocycles. The van der Waals surface area contributed by atoms with Crippen molar-refractivity contribution in [1.29, 1.82) is 0 Å². The molecule has 0 radical (unpaired) electrons. The van der Waals surface area contributed by atoms with Gasteiger partial charge >= 0.3 is 0 Å². The highest BCUT2D eigenvalue weighted by atomic mass is 32.2. The van der Waals surface area contributed by atoms with Gasteiger partial charge in [0.15, 0.2) is 0 Å². The second-order valence-corrected chi connectivity index (χ2v) is 7.64. The number of fused-ring (bicyclic) bond motifs is 1. The molecule has 0 spiro atoms. The maximum absolute atomic E-state index is 12.5. The van der Waals surface area contributed by atoms with Crippen LogP contribution in [-0.4, -0.2) is 18.6 Å². The molecule has 0 saturated heterocycles. The number of benzene rings is 1. The van der Waals surface area contributed by atoms with Crippen LogP contribution in [0.5, 0.6) is 0 Å². The molecule has 3 rings (SSSR count).